The fourth-order valence-corrected chi connectivity index (χ4v) is 2.78. The van der Waals surface area contributed by atoms with Crippen LogP contribution in [0.25, 0.3) is 6.08 Å². The summed E-state index contributed by atoms with van der Waals surface area (Å²) in [5.74, 6) is 0.479. The number of benzene rings is 2. The lowest BCUT2D eigenvalue weighted by atomic mass is 10.1. The topological polar surface area (TPSA) is 102 Å². The molecule has 1 N–H and O–H groups in total. The number of esters is 1. The summed E-state index contributed by atoms with van der Waals surface area (Å²) in [6, 6.07) is 19.3. The van der Waals surface area contributed by atoms with Crippen molar-refractivity contribution in [3.8, 4) is 17.6 Å². The number of carbonyl (C=O) groups is 2. The summed E-state index contributed by atoms with van der Waals surface area (Å²) >= 11 is 0. The van der Waals surface area contributed by atoms with Gasteiger partial charge in [-0.05, 0) is 60.0 Å². The van der Waals surface area contributed by atoms with E-state index in [-0.39, 0.29) is 18.7 Å². The number of amides is 1. The van der Waals surface area contributed by atoms with Gasteiger partial charge in [0, 0.05) is 0 Å². The predicted octanol–water partition coefficient (Wildman–Crippen LogP) is 4.05. The molecule has 7 nitrogen and oxygen atoms in total. The van der Waals surface area contributed by atoms with Gasteiger partial charge in [-0.2, -0.15) is 5.26 Å². The maximum Gasteiger partial charge on any atom is 0.349 e. The highest BCUT2D eigenvalue weighted by molar-refractivity contribution is 6.01. The van der Waals surface area contributed by atoms with Gasteiger partial charge >= 0.3 is 5.97 Å². The van der Waals surface area contributed by atoms with Crippen LogP contribution in [0.3, 0.4) is 0 Å². The van der Waals surface area contributed by atoms with E-state index in [0.29, 0.717) is 22.8 Å². The second-order valence-corrected chi connectivity index (χ2v) is 6.76. The first-order valence-corrected chi connectivity index (χ1v) is 10.0. The summed E-state index contributed by atoms with van der Waals surface area (Å²) in [4.78, 5) is 24.2. The fourth-order valence-electron chi connectivity index (χ4n) is 2.78. The number of aryl methyl sites for hydroxylation is 1. The van der Waals surface area contributed by atoms with E-state index >= 15 is 0 Å². The SMILES string of the molecule is CCc1cccc(OCC(=O)Oc2ccc(/C=C(\C#N)C(=O)NCc3ccco3)cc2)c1. The first-order valence-electron chi connectivity index (χ1n) is 10.0. The van der Waals surface area contributed by atoms with Crippen molar-refractivity contribution in [1.29, 1.82) is 5.26 Å². The zero-order chi connectivity index (χ0) is 22.8. The normalized spacial score (nSPS) is 10.8. The van der Waals surface area contributed by atoms with Gasteiger partial charge in [0.25, 0.3) is 5.91 Å². The molecule has 3 aromatic rings. The molecule has 0 spiro atoms. The number of rotatable bonds is 9. The van der Waals surface area contributed by atoms with Crippen molar-refractivity contribution in [1.82, 2.24) is 5.32 Å². The number of hydrogen-bond acceptors (Lipinski definition) is 6. The molecule has 0 bridgehead atoms. The molecule has 1 aromatic heterocycles. The lowest BCUT2D eigenvalue weighted by Gasteiger charge is -2.08. The Morgan fingerprint density at radius 1 is 1.09 bits per heavy atom. The van der Waals surface area contributed by atoms with Gasteiger partial charge in [-0.3, -0.25) is 4.79 Å². The van der Waals surface area contributed by atoms with Crippen molar-refractivity contribution < 1.29 is 23.5 Å². The maximum absolute atomic E-state index is 12.2. The van der Waals surface area contributed by atoms with E-state index < -0.39 is 11.9 Å². The van der Waals surface area contributed by atoms with Crippen molar-refractivity contribution in [2.45, 2.75) is 19.9 Å². The third-order valence-electron chi connectivity index (χ3n) is 4.45. The standard InChI is InChI=1S/C25H22N2O5/c1-2-18-5-3-6-22(14-18)31-17-24(28)32-21-10-8-19(9-11-21)13-20(15-26)25(29)27-16-23-7-4-12-30-23/h3-14H,2,16-17H2,1H3,(H,27,29)/b20-13+. The van der Waals surface area contributed by atoms with Gasteiger partial charge in [-0.15, -0.1) is 0 Å². The average Bonchev–Trinajstić information content (AvgIpc) is 3.34. The van der Waals surface area contributed by atoms with Crippen molar-refractivity contribution in [2.24, 2.45) is 0 Å². The smallest absolute Gasteiger partial charge is 0.349 e. The Labute approximate surface area is 185 Å². The molecule has 0 unspecified atom stereocenters. The van der Waals surface area contributed by atoms with Crippen LogP contribution in [0.15, 0.2) is 76.9 Å². The van der Waals surface area contributed by atoms with E-state index in [4.69, 9.17) is 13.9 Å². The molecule has 0 atom stereocenters. The quantitative estimate of drug-likeness (QED) is 0.238. The van der Waals surface area contributed by atoms with Crippen molar-refractivity contribution in [3.63, 3.8) is 0 Å². The lowest BCUT2D eigenvalue weighted by Crippen LogP contribution is -2.23. The fraction of sp³-hybridized carbons (Fsp3) is 0.160. The van der Waals surface area contributed by atoms with Crippen LogP contribution in [0, 0.1) is 11.3 Å². The highest BCUT2D eigenvalue weighted by Gasteiger charge is 2.10. The van der Waals surface area contributed by atoms with Gasteiger partial charge in [0.1, 0.15) is 28.9 Å². The Balaban J connectivity index is 1.53. The zero-order valence-corrected chi connectivity index (χ0v) is 17.5. The Morgan fingerprint density at radius 3 is 2.59 bits per heavy atom. The first kappa shape index (κ1) is 22.4. The largest absolute Gasteiger partial charge is 0.482 e. The third-order valence-corrected chi connectivity index (χ3v) is 4.45. The van der Waals surface area contributed by atoms with Crippen molar-refractivity contribution in [3.05, 3.63) is 89.4 Å². The molecule has 1 heterocycles. The van der Waals surface area contributed by atoms with Gasteiger partial charge in [-0.25, -0.2) is 4.79 Å². The Kier molecular flexibility index (Phi) is 7.82. The molecule has 2 aromatic carbocycles. The van der Waals surface area contributed by atoms with E-state index in [1.807, 2.05) is 31.2 Å². The first-order chi connectivity index (χ1) is 15.6. The van der Waals surface area contributed by atoms with Gasteiger partial charge in [-0.1, -0.05) is 31.2 Å². The van der Waals surface area contributed by atoms with Crippen LogP contribution >= 0.6 is 0 Å². The second-order valence-electron chi connectivity index (χ2n) is 6.76. The van der Waals surface area contributed by atoms with E-state index in [2.05, 4.69) is 5.32 Å². The Bertz CT molecular complexity index is 1130. The van der Waals surface area contributed by atoms with Crippen LogP contribution in [-0.2, 0) is 22.6 Å². The van der Waals surface area contributed by atoms with Gasteiger partial charge in [0.15, 0.2) is 6.61 Å². The van der Waals surface area contributed by atoms with Crippen LogP contribution in [-0.4, -0.2) is 18.5 Å². The van der Waals surface area contributed by atoms with Crippen LogP contribution in [0.2, 0.25) is 0 Å². The molecule has 162 valence electrons. The Morgan fingerprint density at radius 2 is 1.91 bits per heavy atom. The van der Waals surface area contributed by atoms with Crippen molar-refractivity contribution in [2.75, 3.05) is 6.61 Å². The van der Waals surface area contributed by atoms with Crippen LogP contribution in [0.5, 0.6) is 11.5 Å². The number of nitriles is 1. The average molecular weight is 430 g/mol. The van der Waals surface area contributed by atoms with Gasteiger partial charge in [0.05, 0.1) is 12.8 Å². The summed E-state index contributed by atoms with van der Waals surface area (Å²) in [5.41, 5.74) is 1.68. The molecular weight excluding hydrogens is 408 g/mol. The second kappa shape index (κ2) is 11.2. The number of nitrogens with zero attached hydrogens (tertiary/aromatic N) is 1. The van der Waals surface area contributed by atoms with Gasteiger partial charge in [0.2, 0.25) is 0 Å². The lowest BCUT2D eigenvalue weighted by molar-refractivity contribution is -0.136. The number of carbonyl (C=O) groups excluding carboxylic acids is 2. The van der Waals surface area contributed by atoms with E-state index in [1.165, 1.54) is 12.3 Å². The highest BCUT2D eigenvalue weighted by atomic mass is 16.6. The van der Waals surface area contributed by atoms with Crippen molar-refractivity contribution >= 4 is 18.0 Å². The number of nitrogens with one attached hydrogen (secondary N) is 1. The van der Waals surface area contributed by atoms with E-state index in [9.17, 15) is 14.9 Å². The Hall–Kier alpha value is -4.31. The molecule has 0 fully saturated rings. The third kappa shape index (κ3) is 6.61. The monoisotopic (exact) mass is 430 g/mol. The molecule has 1 amide bonds. The molecule has 0 aliphatic heterocycles. The summed E-state index contributed by atoms with van der Waals surface area (Å²) in [7, 11) is 0. The predicted molar refractivity (Wildman–Crippen MR) is 118 cm³/mol. The van der Waals surface area contributed by atoms with Gasteiger partial charge < -0.3 is 19.2 Å². The molecule has 3 rings (SSSR count). The molecular formula is C25H22N2O5. The van der Waals surface area contributed by atoms with Crippen LogP contribution < -0.4 is 14.8 Å². The maximum atomic E-state index is 12.2. The number of ether oxygens (including phenoxy) is 2. The van der Waals surface area contributed by atoms with Crippen LogP contribution in [0.4, 0.5) is 0 Å². The summed E-state index contributed by atoms with van der Waals surface area (Å²) in [6.07, 6.45) is 3.83. The number of hydrogen-bond donors (Lipinski definition) is 1. The summed E-state index contributed by atoms with van der Waals surface area (Å²) < 4.78 is 15.9. The molecule has 0 saturated heterocycles. The molecule has 0 saturated carbocycles. The molecule has 0 aliphatic carbocycles. The molecule has 32 heavy (non-hydrogen) atoms. The van der Waals surface area contributed by atoms with Crippen LogP contribution in [0.1, 0.15) is 23.8 Å². The number of furan rings is 1. The van der Waals surface area contributed by atoms with E-state index in [1.54, 1.807) is 42.5 Å². The summed E-state index contributed by atoms with van der Waals surface area (Å²) in [6.45, 7) is 2.01. The summed E-state index contributed by atoms with van der Waals surface area (Å²) in [5, 5.41) is 11.9. The minimum absolute atomic E-state index is 0.0518. The molecule has 0 radical (unpaired) electrons. The van der Waals surface area contributed by atoms with E-state index in [0.717, 1.165) is 12.0 Å². The molecule has 7 heteroatoms. The minimum Gasteiger partial charge on any atom is -0.482 e. The highest BCUT2D eigenvalue weighted by Crippen LogP contribution is 2.16. The zero-order valence-electron chi connectivity index (χ0n) is 17.5. The molecule has 0 aliphatic rings. The minimum atomic E-state index is -0.537.